The Labute approximate surface area is 127 Å². The molecule has 0 bridgehead atoms. The van der Waals surface area contributed by atoms with E-state index in [1.165, 1.54) is 12.1 Å². The van der Waals surface area contributed by atoms with Crippen molar-refractivity contribution in [2.45, 2.75) is 12.5 Å². The average molecular weight is 304 g/mol. The van der Waals surface area contributed by atoms with Crippen LogP contribution in [0.1, 0.15) is 17.2 Å². The van der Waals surface area contributed by atoms with E-state index in [-0.39, 0.29) is 11.9 Å². The van der Waals surface area contributed by atoms with Crippen LogP contribution in [-0.4, -0.2) is 7.05 Å². The summed E-state index contributed by atoms with van der Waals surface area (Å²) in [5.74, 6) is -0.321. The smallest absolute Gasteiger partial charge is 0.134 e. The third kappa shape index (κ3) is 2.80. The van der Waals surface area contributed by atoms with Crippen molar-refractivity contribution in [3.8, 4) is 0 Å². The van der Waals surface area contributed by atoms with Gasteiger partial charge in [0.05, 0.1) is 6.26 Å². The number of hydrogen-bond acceptors (Lipinski definition) is 2. The topological polar surface area (TPSA) is 25.2 Å². The lowest BCUT2D eigenvalue weighted by atomic mass is 9.98. The molecule has 1 heterocycles. The van der Waals surface area contributed by atoms with Crippen molar-refractivity contribution in [1.82, 2.24) is 5.32 Å². The molecule has 1 atom stereocenters. The third-order valence-electron chi connectivity index (χ3n) is 3.67. The molecule has 0 fully saturated rings. The van der Waals surface area contributed by atoms with Crippen molar-refractivity contribution >= 4 is 22.6 Å². The maximum Gasteiger partial charge on any atom is 0.134 e. The predicted molar refractivity (Wildman–Crippen MR) is 83.1 cm³/mol. The van der Waals surface area contributed by atoms with Crippen LogP contribution in [0.25, 0.3) is 11.0 Å². The lowest BCUT2D eigenvalue weighted by Crippen LogP contribution is -2.18. The predicted octanol–water partition coefficient (Wildman–Crippen LogP) is 4.73. The van der Waals surface area contributed by atoms with E-state index in [0.29, 0.717) is 11.4 Å². The maximum atomic E-state index is 13.1. The molecular formula is C17H15ClFNO. The fourth-order valence-corrected chi connectivity index (χ4v) is 2.79. The van der Waals surface area contributed by atoms with Crippen LogP contribution >= 0.6 is 11.6 Å². The van der Waals surface area contributed by atoms with Gasteiger partial charge >= 0.3 is 0 Å². The van der Waals surface area contributed by atoms with Crippen LogP contribution in [0, 0.1) is 5.82 Å². The van der Waals surface area contributed by atoms with Crippen molar-refractivity contribution in [2.24, 2.45) is 0 Å². The summed E-state index contributed by atoms with van der Waals surface area (Å²) < 4.78 is 18.7. The maximum absolute atomic E-state index is 13.1. The number of fused-ring (bicyclic) bond motifs is 1. The summed E-state index contributed by atoms with van der Waals surface area (Å²) in [6.07, 6.45) is 2.43. The normalized spacial score (nSPS) is 12.7. The molecule has 0 aliphatic carbocycles. The molecule has 3 rings (SSSR count). The highest BCUT2D eigenvalue weighted by Gasteiger charge is 2.17. The molecule has 21 heavy (non-hydrogen) atoms. The SMILES string of the molecule is CNC(Cc1ccc(F)cc1Cl)c1coc2ccccc12. The first-order chi connectivity index (χ1) is 10.2. The Bertz CT molecular complexity index is 768. The molecule has 0 spiro atoms. The average Bonchev–Trinajstić information content (AvgIpc) is 2.91. The quantitative estimate of drug-likeness (QED) is 0.754. The monoisotopic (exact) mass is 303 g/mol. The molecule has 1 unspecified atom stereocenters. The highest BCUT2D eigenvalue weighted by Crippen LogP contribution is 2.30. The van der Waals surface area contributed by atoms with Gasteiger partial charge in [0.25, 0.3) is 0 Å². The molecule has 0 saturated carbocycles. The number of nitrogens with one attached hydrogen (secondary N) is 1. The van der Waals surface area contributed by atoms with Crippen LogP contribution < -0.4 is 5.32 Å². The lowest BCUT2D eigenvalue weighted by molar-refractivity contribution is 0.562. The molecule has 0 radical (unpaired) electrons. The number of hydrogen-bond donors (Lipinski definition) is 1. The fourth-order valence-electron chi connectivity index (χ4n) is 2.54. The summed E-state index contributed by atoms with van der Waals surface area (Å²) >= 11 is 6.12. The summed E-state index contributed by atoms with van der Waals surface area (Å²) in [5, 5.41) is 4.80. The van der Waals surface area contributed by atoms with Crippen LogP contribution in [0.4, 0.5) is 4.39 Å². The van der Waals surface area contributed by atoms with Crippen LogP contribution in [0.5, 0.6) is 0 Å². The Kier molecular flexibility index (Phi) is 3.95. The number of halogens is 2. The second-order valence-corrected chi connectivity index (χ2v) is 5.38. The minimum atomic E-state index is -0.321. The Morgan fingerprint density at radius 3 is 2.81 bits per heavy atom. The Balaban J connectivity index is 1.95. The summed E-state index contributed by atoms with van der Waals surface area (Å²) in [6.45, 7) is 0. The molecule has 0 amide bonds. The molecular weight excluding hydrogens is 289 g/mol. The molecule has 108 valence electrons. The van der Waals surface area contributed by atoms with Gasteiger partial charge in [-0.1, -0.05) is 35.9 Å². The van der Waals surface area contributed by atoms with Crippen molar-refractivity contribution in [1.29, 1.82) is 0 Å². The van der Waals surface area contributed by atoms with Gasteiger partial charge in [0.1, 0.15) is 11.4 Å². The standard InChI is InChI=1S/C17H15ClFNO/c1-20-16(8-11-6-7-12(19)9-15(11)18)14-10-21-17-5-3-2-4-13(14)17/h2-7,9-10,16,20H,8H2,1H3. The molecule has 3 aromatic rings. The molecule has 0 aliphatic heterocycles. The Morgan fingerprint density at radius 2 is 2.05 bits per heavy atom. The van der Waals surface area contributed by atoms with Gasteiger partial charge in [0, 0.05) is 22.0 Å². The summed E-state index contributed by atoms with van der Waals surface area (Å²) in [7, 11) is 1.89. The van der Waals surface area contributed by atoms with Crippen LogP contribution in [-0.2, 0) is 6.42 Å². The van der Waals surface area contributed by atoms with E-state index < -0.39 is 0 Å². The number of para-hydroxylation sites is 1. The third-order valence-corrected chi connectivity index (χ3v) is 4.03. The van der Waals surface area contributed by atoms with E-state index in [9.17, 15) is 4.39 Å². The highest BCUT2D eigenvalue weighted by atomic mass is 35.5. The van der Waals surface area contributed by atoms with Gasteiger partial charge in [-0.3, -0.25) is 0 Å². The first-order valence-electron chi connectivity index (χ1n) is 6.76. The number of rotatable bonds is 4. The first-order valence-corrected chi connectivity index (χ1v) is 7.14. The summed E-state index contributed by atoms with van der Waals surface area (Å²) in [4.78, 5) is 0. The molecule has 1 aromatic heterocycles. The van der Waals surface area contributed by atoms with Gasteiger partial charge < -0.3 is 9.73 Å². The van der Waals surface area contributed by atoms with Crippen molar-refractivity contribution in [3.63, 3.8) is 0 Å². The van der Waals surface area contributed by atoms with Gasteiger partial charge in [-0.25, -0.2) is 4.39 Å². The zero-order chi connectivity index (χ0) is 14.8. The van der Waals surface area contributed by atoms with Gasteiger partial charge in [-0.15, -0.1) is 0 Å². The van der Waals surface area contributed by atoms with E-state index in [2.05, 4.69) is 5.32 Å². The zero-order valence-corrected chi connectivity index (χ0v) is 12.3. The van der Waals surface area contributed by atoms with E-state index >= 15 is 0 Å². The van der Waals surface area contributed by atoms with Crippen molar-refractivity contribution < 1.29 is 8.81 Å². The van der Waals surface area contributed by atoms with Gasteiger partial charge in [-0.05, 0) is 37.2 Å². The number of likely N-dealkylation sites (N-methyl/N-ethyl adjacent to an activating group) is 1. The second kappa shape index (κ2) is 5.88. The molecule has 1 N–H and O–H groups in total. The van der Waals surface area contributed by atoms with Gasteiger partial charge in [0.2, 0.25) is 0 Å². The highest BCUT2D eigenvalue weighted by molar-refractivity contribution is 6.31. The van der Waals surface area contributed by atoms with Crippen LogP contribution in [0.3, 0.4) is 0 Å². The summed E-state index contributed by atoms with van der Waals surface area (Å²) in [5.41, 5.74) is 2.84. The van der Waals surface area contributed by atoms with E-state index in [0.717, 1.165) is 22.1 Å². The van der Waals surface area contributed by atoms with Gasteiger partial charge in [-0.2, -0.15) is 0 Å². The summed E-state index contributed by atoms with van der Waals surface area (Å²) in [6, 6.07) is 12.5. The molecule has 2 nitrogen and oxygen atoms in total. The Hall–Kier alpha value is -1.84. The van der Waals surface area contributed by atoms with E-state index in [1.54, 1.807) is 12.3 Å². The fraction of sp³-hybridized carbons (Fsp3) is 0.176. The lowest BCUT2D eigenvalue weighted by Gasteiger charge is -2.16. The second-order valence-electron chi connectivity index (χ2n) is 4.97. The first kappa shape index (κ1) is 14.1. The molecule has 0 aliphatic rings. The van der Waals surface area contributed by atoms with Crippen LogP contribution in [0.2, 0.25) is 5.02 Å². The van der Waals surface area contributed by atoms with Gasteiger partial charge in [0.15, 0.2) is 0 Å². The molecule has 4 heteroatoms. The van der Waals surface area contributed by atoms with Crippen molar-refractivity contribution in [2.75, 3.05) is 7.05 Å². The minimum absolute atomic E-state index is 0.0524. The largest absolute Gasteiger partial charge is 0.464 e. The zero-order valence-electron chi connectivity index (χ0n) is 11.6. The Morgan fingerprint density at radius 1 is 1.24 bits per heavy atom. The van der Waals surface area contributed by atoms with Crippen LogP contribution in [0.15, 0.2) is 53.1 Å². The van der Waals surface area contributed by atoms with E-state index in [4.69, 9.17) is 16.0 Å². The van der Waals surface area contributed by atoms with E-state index in [1.807, 2.05) is 31.3 Å². The molecule has 2 aromatic carbocycles. The molecule has 0 saturated heterocycles. The van der Waals surface area contributed by atoms with Crippen molar-refractivity contribution in [3.05, 3.63) is 70.7 Å². The number of furan rings is 1. The number of benzene rings is 2. The minimum Gasteiger partial charge on any atom is -0.464 e.